The molecule has 1 aromatic rings. The first-order valence-corrected chi connectivity index (χ1v) is 6.84. The van der Waals surface area contributed by atoms with Crippen LogP contribution >= 0.6 is 0 Å². The average Bonchev–Trinajstić information content (AvgIpc) is 2.69. The van der Waals surface area contributed by atoms with Gasteiger partial charge in [-0.15, -0.1) is 0 Å². The minimum Gasteiger partial charge on any atom is -0.347 e. The van der Waals surface area contributed by atoms with Crippen LogP contribution in [0.5, 0.6) is 0 Å². The number of nitrogens with one attached hydrogen (secondary N) is 3. The summed E-state index contributed by atoms with van der Waals surface area (Å²) in [6, 6.07) is -0.324. The molecule has 16 heavy (non-hydrogen) atoms. The zero-order valence-electron chi connectivity index (χ0n) is 9.53. The van der Waals surface area contributed by atoms with Gasteiger partial charge in [0.15, 0.2) is 0 Å². The SMILES string of the molecule is CNCCCS(=O)(=O)NC(C)c1ncc[nH]1. The van der Waals surface area contributed by atoms with E-state index in [9.17, 15) is 8.42 Å². The predicted octanol–water partition coefficient (Wildman–Crippen LogP) is -0.000400. The van der Waals surface area contributed by atoms with Crippen LogP contribution in [0.4, 0.5) is 0 Å². The van der Waals surface area contributed by atoms with Crippen LogP contribution in [0.15, 0.2) is 12.4 Å². The fraction of sp³-hybridized carbons (Fsp3) is 0.667. The molecule has 1 atom stereocenters. The maximum Gasteiger partial charge on any atom is 0.212 e. The standard InChI is InChI=1S/C9H18N4O2S/c1-8(9-11-5-6-12-9)13-16(14,15)7-3-4-10-2/h5-6,8,10,13H,3-4,7H2,1-2H3,(H,11,12). The number of sulfonamides is 1. The first-order valence-electron chi connectivity index (χ1n) is 5.19. The molecule has 92 valence electrons. The monoisotopic (exact) mass is 246 g/mol. The molecule has 1 unspecified atom stereocenters. The Hall–Kier alpha value is -0.920. The van der Waals surface area contributed by atoms with Crippen LogP contribution in [0, 0.1) is 0 Å². The van der Waals surface area contributed by atoms with Crippen molar-refractivity contribution in [1.82, 2.24) is 20.0 Å². The van der Waals surface area contributed by atoms with E-state index in [-0.39, 0.29) is 11.8 Å². The Labute approximate surface area is 95.9 Å². The highest BCUT2D eigenvalue weighted by atomic mass is 32.2. The van der Waals surface area contributed by atoms with Gasteiger partial charge in [-0.2, -0.15) is 0 Å². The van der Waals surface area contributed by atoms with Gasteiger partial charge in [0, 0.05) is 12.4 Å². The maximum atomic E-state index is 11.6. The van der Waals surface area contributed by atoms with Crippen LogP contribution in [0.25, 0.3) is 0 Å². The van der Waals surface area contributed by atoms with Gasteiger partial charge in [0.05, 0.1) is 11.8 Å². The Kier molecular flexibility index (Phi) is 4.91. The van der Waals surface area contributed by atoms with Gasteiger partial charge in [-0.05, 0) is 26.9 Å². The summed E-state index contributed by atoms with van der Waals surface area (Å²) in [6.45, 7) is 2.45. The lowest BCUT2D eigenvalue weighted by Crippen LogP contribution is -2.30. The van der Waals surface area contributed by atoms with Crippen LogP contribution in [-0.4, -0.2) is 37.7 Å². The molecule has 0 aliphatic rings. The Morgan fingerprint density at radius 1 is 1.56 bits per heavy atom. The summed E-state index contributed by atoms with van der Waals surface area (Å²) in [4.78, 5) is 6.88. The van der Waals surface area contributed by atoms with Gasteiger partial charge in [0.2, 0.25) is 10.0 Å². The molecule has 0 saturated carbocycles. The van der Waals surface area contributed by atoms with E-state index in [4.69, 9.17) is 0 Å². The average molecular weight is 246 g/mol. The highest BCUT2D eigenvalue weighted by Crippen LogP contribution is 2.07. The van der Waals surface area contributed by atoms with E-state index in [2.05, 4.69) is 20.0 Å². The number of aromatic amines is 1. The summed E-state index contributed by atoms with van der Waals surface area (Å²) in [7, 11) is -1.43. The molecule has 0 aliphatic heterocycles. The van der Waals surface area contributed by atoms with Crippen LogP contribution in [-0.2, 0) is 10.0 Å². The Morgan fingerprint density at radius 3 is 2.88 bits per heavy atom. The lowest BCUT2D eigenvalue weighted by molar-refractivity contribution is 0.557. The molecular formula is C9H18N4O2S. The molecule has 0 amide bonds. The number of hydrogen-bond acceptors (Lipinski definition) is 4. The maximum absolute atomic E-state index is 11.6. The summed E-state index contributed by atoms with van der Waals surface area (Å²) in [5.74, 6) is 0.746. The van der Waals surface area contributed by atoms with Crippen molar-refractivity contribution < 1.29 is 8.42 Å². The van der Waals surface area contributed by atoms with Crippen molar-refractivity contribution >= 4 is 10.0 Å². The van der Waals surface area contributed by atoms with Crippen LogP contribution in [0.3, 0.4) is 0 Å². The van der Waals surface area contributed by atoms with Crippen molar-refractivity contribution in [1.29, 1.82) is 0 Å². The van der Waals surface area contributed by atoms with E-state index >= 15 is 0 Å². The third-order valence-electron chi connectivity index (χ3n) is 2.13. The van der Waals surface area contributed by atoms with Gasteiger partial charge in [0.1, 0.15) is 5.82 Å². The largest absolute Gasteiger partial charge is 0.347 e. The van der Waals surface area contributed by atoms with Gasteiger partial charge in [0.25, 0.3) is 0 Å². The zero-order valence-corrected chi connectivity index (χ0v) is 10.3. The molecule has 6 nitrogen and oxygen atoms in total. The molecule has 0 saturated heterocycles. The van der Waals surface area contributed by atoms with Crippen LogP contribution in [0.1, 0.15) is 25.2 Å². The highest BCUT2D eigenvalue weighted by Gasteiger charge is 2.16. The van der Waals surface area contributed by atoms with E-state index in [1.807, 2.05) is 0 Å². The second kappa shape index (κ2) is 5.97. The molecule has 0 spiro atoms. The van der Waals surface area contributed by atoms with Gasteiger partial charge in [-0.25, -0.2) is 18.1 Å². The Morgan fingerprint density at radius 2 is 2.31 bits per heavy atom. The number of nitrogens with zero attached hydrogens (tertiary/aromatic N) is 1. The van der Waals surface area contributed by atoms with Crippen molar-refractivity contribution in [2.24, 2.45) is 0 Å². The molecule has 1 heterocycles. The first-order chi connectivity index (χ1) is 7.55. The minimum atomic E-state index is -3.23. The van der Waals surface area contributed by atoms with Crippen molar-refractivity contribution in [3.05, 3.63) is 18.2 Å². The molecular weight excluding hydrogens is 228 g/mol. The van der Waals surface area contributed by atoms with Crippen LogP contribution < -0.4 is 10.0 Å². The van der Waals surface area contributed by atoms with Gasteiger partial charge in [-0.1, -0.05) is 0 Å². The fourth-order valence-corrected chi connectivity index (χ4v) is 2.63. The molecule has 0 aromatic carbocycles. The molecule has 1 aromatic heterocycles. The molecule has 0 aliphatic carbocycles. The third-order valence-corrected chi connectivity index (χ3v) is 3.66. The predicted molar refractivity (Wildman–Crippen MR) is 62.5 cm³/mol. The number of aromatic nitrogens is 2. The minimum absolute atomic E-state index is 0.124. The third kappa shape index (κ3) is 4.30. The lowest BCUT2D eigenvalue weighted by atomic mass is 10.3. The molecule has 1 rings (SSSR count). The first kappa shape index (κ1) is 13.1. The van der Waals surface area contributed by atoms with Crippen molar-refractivity contribution in [3.63, 3.8) is 0 Å². The summed E-state index contributed by atoms with van der Waals surface area (Å²) in [5.41, 5.74) is 0. The summed E-state index contributed by atoms with van der Waals surface area (Å²) < 4.78 is 25.8. The van der Waals surface area contributed by atoms with Crippen molar-refractivity contribution in [2.75, 3.05) is 19.3 Å². The molecule has 7 heteroatoms. The summed E-state index contributed by atoms with van der Waals surface area (Å²) in [5, 5.41) is 2.91. The number of imidazole rings is 1. The van der Waals surface area contributed by atoms with E-state index in [1.165, 1.54) is 0 Å². The normalized spacial score (nSPS) is 13.9. The van der Waals surface area contributed by atoms with E-state index in [1.54, 1.807) is 26.4 Å². The van der Waals surface area contributed by atoms with E-state index in [0.29, 0.717) is 18.8 Å². The summed E-state index contributed by atoms with van der Waals surface area (Å²) in [6.07, 6.45) is 3.86. The van der Waals surface area contributed by atoms with Crippen molar-refractivity contribution in [2.45, 2.75) is 19.4 Å². The van der Waals surface area contributed by atoms with Gasteiger partial charge < -0.3 is 10.3 Å². The van der Waals surface area contributed by atoms with E-state index < -0.39 is 10.0 Å². The van der Waals surface area contributed by atoms with E-state index in [0.717, 1.165) is 0 Å². The number of H-pyrrole nitrogens is 1. The zero-order chi connectivity index (χ0) is 12.0. The lowest BCUT2D eigenvalue weighted by Gasteiger charge is -2.11. The second-order valence-corrected chi connectivity index (χ2v) is 5.46. The second-order valence-electron chi connectivity index (χ2n) is 3.59. The topological polar surface area (TPSA) is 86.9 Å². The molecule has 0 bridgehead atoms. The summed E-state index contributed by atoms with van der Waals surface area (Å²) >= 11 is 0. The highest BCUT2D eigenvalue weighted by molar-refractivity contribution is 7.89. The van der Waals surface area contributed by atoms with Gasteiger partial charge in [-0.3, -0.25) is 0 Å². The number of hydrogen-bond donors (Lipinski definition) is 3. The van der Waals surface area contributed by atoms with Crippen LogP contribution in [0.2, 0.25) is 0 Å². The quantitative estimate of drug-likeness (QED) is 0.591. The fourth-order valence-electron chi connectivity index (χ4n) is 1.34. The molecule has 0 fully saturated rings. The van der Waals surface area contributed by atoms with Crippen molar-refractivity contribution in [3.8, 4) is 0 Å². The van der Waals surface area contributed by atoms with Gasteiger partial charge >= 0.3 is 0 Å². The Bertz CT molecular complexity index is 388. The Balaban J connectivity index is 2.46. The molecule has 0 radical (unpaired) electrons. The number of rotatable bonds is 7. The smallest absolute Gasteiger partial charge is 0.212 e. The molecule has 3 N–H and O–H groups in total.